The molecule has 0 spiro atoms. The van der Waals surface area contributed by atoms with Crippen LogP contribution < -0.4 is 4.72 Å². The van der Waals surface area contributed by atoms with Crippen molar-refractivity contribution < 1.29 is 13.2 Å². The lowest BCUT2D eigenvalue weighted by molar-refractivity contribution is 0.0387. The maximum atomic E-state index is 12.3. The predicted octanol–water partition coefficient (Wildman–Crippen LogP) is 2.00. The summed E-state index contributed by atoms with van der Waals surface area (Å²) < 4.78 is 35.4. The molecule has 1 aromatic heterocycles. The second-order valence-corrected chi connectivity index (χ2v) is 8.06. The largest absolute Gasteiger partial charge is 0.378 e. The molecule has 1 fully saturated rings. The zero-order valence-electron chi connectivity index (χ0n) is 12.5. The third-order valence-corrected chi connectivity index (χ3v) is 6.60. The van der Waals surface area contributed by atoms with E-state index in [0.29, 0.717) is 32.7 Å². The van der Waals surface area contributed by atoms with Crippen LogP contribution in [0.1, 0.15) is 12.5 Å². The molecule has 0 radical (unpaired) electrons. The normalized spacial score (nSPS) is 20.5. The summed E-state index contributed by atoms with van der Waals surface area (Å²) in [5, 5.41) is 3.32. The first-order chi connectivity index (χ1) is 10.6. The lowest BCUT2D eigenvalue weighted by Crippen LogP contribution is -2.51. The molecule has 7 heteroatoms. The summed E-state index contributed by atoms with van der Waals surface area (Å²) in [5.74, 6) is 0. The minimum Gasteiger partial charge on any atom is -0.378 e. The van der Waals surface area contributed by atoms with Crippen LogP contribution >= 0.6 is 11.3 Å². The van der Waals surface area contributed by atoms with E-state index in [2.05, 4.69) is 22.2 Å². The summed E-state index contributed by atoms with van der Waals surface area (Å²) in [6.07, 6.45) is 0.696. The zero-order chi connectivity index (χ0) is 15.6. The fraction of sp³-hybridized carbons (Fsp3) is 0.467. The average molecular weight is 340 g/mol. The van der Waals surface area contributed by atoms with Crippen LogP contribution in [0.15, 0.2) is 29.6 Å². The van der Waals surface area contributed by atoms with Gasteiger partial charge in [-0.1, -0.05) is 18.2 Å². The van der Waals surface area contributed by atoms with E-state index in [0.717, 1.165) is 0 Å². The third kappa shape index (κ3) is 3.33. The molecular weight excluding hydrogens is 320 g/mol. The molecule has 1 atom stereocenters. The van der Waals surface area contributed by atoms with Crippen molar-refractivity contribution in [3.8, 4) is 0 Å². The van der Waals surface area contributed by atoms with Crippen LogP contribution in [0.3, 0.4) is 0 Å². The molecule has 3 rings (SSSR count). The van der Waals surface area contributed by atoms with E-state index in [4.69, 9.17) is 4.74 Å². The Morgan fingerprint density at radius 1 is 1.41 bits per heavy atom. The Kier molecular flexibility index (Phi) is 4.79. The monoisotopic (exact) mass is 340 g/mol. The number of rotatable bonds is 5. The molecule has 22 heavy (non-hydrogen) atoms. The van der Waals surface area contributed by atoms with Crippen molar-refractivity contribution in [3.05, 3.63) is 35.2 Å². The van der Waals surface area contributed by atoms with Crippen molar-refractivity contribution in [1.82, 2.24) is 9.03 Å². The van der Waals surface area contributed by atoms with Gasteiger partial charge in [0.25, 0.3) is 10.2 Å². The van der Waals surface area contributed by atoms with Gasteiger partial charge in [0.15, 0.2) is 0 Å². The molecule has 1 N–H and O–H groups in total. The van der Waals surface area contributed by atoms with Gasteiger partial charge in [-0.05, 0) is 35.7 Å². The molecule has 0 aliphatic carbocycles. The smallest absolute Gasteiger partial charge is 0.279 e. The van der Waals surface area contributed by atoms with Gasteiger partial charge >= 0.3 is 0 Å². The van der Waals surface area contributed by atoms with E-state index in [1.54, 1.807) is 11.3 Å². The summed E-state index contributed by atoms with van der Waals surface area (Å²) in [5.41, 5.74) is 1.19. The van der Waals surface area contributed by atoms with Crippen LogP contribution in [0.5, 0.6) is 0 Å². The van der Waals surface area contributed by atoms with Crippen LogP contribution in [-0.2, 0) is 21.4 Å². The summed E-state index contributed by atoms with van der Waals surface area (Å²) in [4.78, 5) is 0. The molecule has 2 aromatic rings. The van der Waals surface area contributed by atoms with E-state index >= 15 is 0 Å². The van der Waals surface area contributed by atoms with Gasteiger partial charge in [-0.3, -0.25) is 0 Å². The Bertz CT molecular complexity index is 742. The molecule has 1 saturated heterocycles. The van der Waals surface area contributed by atoms with Crippen molar-refractivity contribution in [2.24, 2.45) is 0 Å². The second kappa shape index (κ2) is 6.64. The van der Waals surface area contributed by atoms with Crippen LogP contribution in [0, 0.1) is 0 Å². The predicted molar refractivity (Wildman–Crippen MR) is 89.4 cm³/mol. The summed E-state index contributed by atoms with van der Waals surface area (Å²) in [6.45, 7) is 3.60. The zero-order valence-corrected chi connectivity index (χ0v) is 14.1. The molecule has 2 heterocycles. The van der Waals surface area contributed by atoms with Gasteiger partial charge in [0.2, 0.25) is 0 Å². The minimum absolute atomic E-state index is 0.117. The molecule has 0 saturated carbocycles. The van der Waals surface area contributed by atoms with E-state index in [-0.39, 0.29) is 6.04 Å². The summed E-state index contributed by atoms with van der Waals surface area (Å²) >= 11 is 1.70. The van der Waals surface area contributed by atoms with Gasteiger partial charge in [0, 0.05) is 23.8 Å². The molecule has 1 aromatic carbocycles. The highest BCUT2D eigenvalue weighted by molar-refractivity contribution is 7.87. The van der Waals surface area contributed by atoms with Crippen LogP contribution in [-0.4, -0.2) is 45.1 Å². The topological polar surface area (TPSA) is 58.6 Å². The molecular formula is C15H20N2O3S2. The second-order valence-electron chi connectivity index (χ2n) is 5.44. The highest BCUT2D eigenvalue weighted by atomic mass is 32.2. The molecule has 0 unspecified atom stereocenters. The average Bonchev–Trinajstić information content (AvgIpc) is 2.91. The van der Waals surface area contributed by atoms with Crippen molar-refractivity contribution in [2.75, 3.05) is 26.3 Å². The van der Waals surface area contributed by atoms with Crippen molar-refractivity contribution in [3.63, 3.8) is 0 Å². The molecule has 1 aliphatic rings. The Hall–Kier alpha value is -0.990. The summed E-state index contributed by atoms with van der Waals surface area (Å²) in [7, 11) is -3.43. The van der Waals surface area contributed by atoms with Crippen LogP contribution in [0.25, 0.3) is 10.1 Å². The lowest BCUT2D eigenvalue weighted by Gasteiger charge is -2.32. The van der Waals surface area contributed by atoms with E-state index in [1.807, 2.05) is 19.1 Å². The maximum absolute atomic E-state index is 12.3. The quantitative estimate of drug-likeness (QED) is 0.906. The fourth-order valence-corrected chi connectivity index (χ4v) is 5.07. The van der Waals surface area contributed by atoms with Gasteiger partial charge < -0.3 is 4.74 Å². The molecule has 120 valence electrons. The van der Waals surface area contributed by atoms with Gasteiger partial charge in [-0.25, -0.2) is 4.72 Å². The Morgan fingerprint density at radius 2 is 2.23 bits per heavy atom. The highest BCUT2D eigenvalue weighted by Crippen LogP contribution is 2.25. The first kappa shape index (κ1) is 15.9. The Labute approximate surface area is 135 Å². The number of fused-ring (bicyclic) bond motifs is 1. The number of nitrogens with one attached hydrogen (secondary N) is 1. The lowest BCUT2D eigenvalue weighted by atomic mass is 10.1. The van der Waals surface area contributed by atoms with Crippen molar-refractivity contribution in [1.29, 1.82) is 0 Å². The molecule has 5 nitrogen and oxygen atoms in total. The first-order valence-corrected chi connectivity index (χ1v) is 9.69. The minimum atomic E-state index is -3.43. The number of hydrogen-bond acceptors (Lipinski definition) is 4. The third-order valence-electron chi connectivity index (χ3n) is 3.86. The highest BCUT2D eigenvalue weighted by Gasteiger charge is 2.29. The number of nitrogens with zero attached hydrogens (tertiary/aromatic N) is 1. The standard InChI is InChI=1S/C15H20N2O3S2/c1-12-10-20-9-8-17(12)22(18,19)16-7-6-13-11-21-15-5-3-2-4-14(13)15/h2-5,11-12,16H,6-10H2,1H3/t12-/m1/s1. The molecule has 0 amide bonds. The van der Waals surface area contributed by atoms with E-state index in [1.165, 1.54) is 20.0 Å². The number of benzene rings is 1. The van der Waals surface area contributed by atoms with E-state index in [9.17, 15) is 8.42 Å². The fourth-order valence-electron chi connectivity index (χ4n) is 2.69. The number of ether oxygens (including phenoxy) is 1. The van der Waals surface area contributed by atoms with Crippen molar-refractivity contribution in [2.45, 2.75) is 19.4 Å². The van der Waals surface area contributed by atoms with Crippen molar-refractivity contribution >= 4 is 31.6 Å². The van der Waals surface area contributed by atoms with Gasteiger partial charge in [0.05, 0.1) is 13.2 Å². The Morgan fingerprint density at radius 3 is 3.05 bits per heavy atom. The van der Waals surface area contributed by atoms with Crippen LogP contribution in [0.4, 0.5) is 0 Å². The first-order valence-electron chi connectivity index (χ1n) is 7.37. The number of thiophene rings is 1. The Balaban J connectivity index is 1.62. The van der Waals surface area contributed by atoms with Gasteiger partial charge in [-0.15, -0.1) is 11.3 Å². The number of morpholine rings is 1. The molecule has 1 aliphatic heterocycles. The SMILES string of the molecule is C[C@@H]1COCCN1S(=O)(=O)NCCc1csc2ccccc12. The van der Waals surface area contributed by atoms with Crippen LogP contribution in [0.2, 0.25) is 0 Å². The maximum Gasteiger partial charge on any atom is 0.279 e. The summed E-state index contributed by atoms with van der Waals surface area (Å²) in [6, 6.07) is 8.08. The number of hydrogen-bond donors (Lipinski definition) is 1. The van der Waals surface area contributed by atoms with E-state index < -0.39 is 10.2 Å². The van der Waals surface area contributed by atoms with Gasteiger partial charge in [0.1, 0.15) is 0 Å². The van der Waals surface area contributed by atoms with Gasteiger partial charge in [-0.2, -0.15) is 12.7 Å². The molecule has 0 bridgehead atoms.